The van der Waals surface area contributed by atoms with E-state index in [2.05, 4.69) is 15.3 Å². The molecule has 0 radical (unpaired) electrons. The molecule has 0 atom stereocenters. The number of nitrogens with zero attached hydrogens (tertiary/aromatic N) is 3. The van der Waals surface area contributed by atoms with Crippen molar-refractivity contribution in [2.24, 2.45) is 5.92 Å². The van der Waals surface area contributed by atoms with E-state index in [0.29, 0.717) is 49.9 Å². The van der Waals surface area contributed by atoms with E-state index < -0.39 is 0 Å². The number of hydrogen-bond donors (Lipinski definition) is 1. The van der Waals surface area contributed by atoms with Crippen LogP contribution in [0, 0.1) is 5.92 Å². The molecule has 4 rings (SSSR count). The van der Waals surface area contributed by atoms with Crippen molar-refractivity contribution in [2.75, 3.05) is 31.4 Å². The molecule has 29 heavy (non-hydrogen) atoms. The van der Waals surface area contributed by atoms with Crippen LogP contribution in [-0.4, -0.2) is 48.3 Å². The first-order valence-electron chi connectivity index (χ1n) is 9.53. The van der Waals surface area contributed by atoms with Gasteiger partial charge in [-0.3, -0.25) is 9.59 Å². The number of nitrogens with one attached hydrogen (secondary N) is 1. The molecule has 2 aromatic rings. The summed E-state index contributed by atoms with van der Waals surface area (Å²) >= 11 is 0. The topological polar surface area (TPSA) is 103 Å². The van der Waals surface area contributed by atoms with Crippen LogP contribution in [0.3, 0.4) is 0 Å². The number of fused-ring (bicyclic) bond motifs is 1. The van der Waals surface area contributed by atoms with Crippen LogP contribution < -0.4 is 19.7 Å². The van der Waals surface area contributed by atoms with E-state index in [1.165, 1.54) is 0 Å². The molecule has 0 bridgehead atoms. The number of rotatable bonds is 6. The molecular weight excluding hydrogens is 376 g/mol. The van der Waals surface area contributed by atoms with Gasteiger partial charge >= 0.3 is 5.97 Å². The summed E-state index contributed by atoms with van der Waals surface area (Å²) in [5, 5.41) is 2.74. The zero-order valence-electron chi connectivity index (χ0n) is 15.9. The minimum atomic E-state index is -0.342. The van der Waals surface area contributed by atoms with E-state index in [0.717, 1.165) is 5.56 Å². The second-order valence-electron chi connectivity index (χ2n) is 6.88. The van der Waals surface area contributed by atoms with Gasteiger partial charge in [-0.15, -0.1) is 0 Å². The highest BCUT2D eigenvalue weighted by atomic mass is 16.7. The van der Waals surface area contributed by atoms with Gasteiger partial charge in [0.1, 0.15) is 0 Å². The fourth-order valence-electron chi connectivity index (χ4n) is 3.33. The summed E-state index contributed by atoms with van der Waals surface area (Å²) in [4.78, 5) is 34.8. The average Bonchev–Trinajstić information content (AvgIpc) is 3.24. The molecule has 3 heterocycles. The van der Waals surface area contributed by atoms with E-state index in [-0.39, 0.29) is 31.2 Å². The van der Waals surface area contributed by atoms with Gasteiger partial charge in [-0.1, -0.05) is 6.07 Å². The normalized spacial score (nSPS) is 15.8. The van der Waals surface area contributed by atoms with Gasteiger partial charge in [-0.2, -0.15) is 0 Å². The smallest absolute Gasteiger partial charge is 0.309 e. The Balaban J connectivity index is 1.17. The summed E-state index contributed by atoms with van der Waals surface area (Å²) in [6.07, 6.45) is 4.70. The second kappa shape index (κ2) is 8.76. The number of carbonyl (C=O) groups excluding carboxylic acids is 2. The van der Waals surface area contributed by atoms with Gasteiger partial charge in [0.05, 0.1) is 5.92 Å². The van der Waals surface area contributed by atoms with Crippen molar-refractivity contribution in [1.29, 1.82) is 0 Å². The zero-order valence-corrected chi connectivity index (χ0v) is 15.9. The number of benzene rings is 1. The Bertz CT molecular complexity index is 868. The van der Waals surface area contributed by atoms with Gasteiger partial charge in [-0.25, -0.2) is 9.97 Å². The van der Waals surface area contributed by atoms with Crippen molar-refractivity contribution in [3.63, 3.8) is 0 Å². The molecule has 1 fully saturated rings. The lowest BCUT2D eigenvalue weighted by Gasteiger charge is -2.30. The third-order valence-corrected chi connectivity index (χ3v) is 4.94. The van der Waals surface area contributed by atoms with E-state index in [1.807, 2.05) is 17.0 Å². The molecular formula is C20H22N4O5. The third-order valence-electron chi connectivity index (χ3n) is 4.94. The van der Waals surface area contributed by atoms with Crippen molar-refractivity contribution in [2.45, 2.75) is 19.4 Å². The molecule has 2 aliphatic heterocycles. The molecule has 9 nitrogen and oxygen atoms in total. The number of carbonyl (C=O) groups is 2. The number of hydrogen-bond acceptors (Lipinski definition) is 8. The molecule has 152 valence electrons. The first-order valence-corrected chi connectivity index (χ1v) is 9.53. The molecule has 1 aromatic carbocycles. The summed E-state index contributed by atoms with van der Waals surface area (Å²) in [7, 11) is 0. The van der Waals surface area contributed by atoms with E-state index >= 15 is 0 Å². The molecule has 1 aromatic heterocycles. The monoisotopic (exact) mass is 398 g/mol. The second-order valence-corrected chi connectivity index (χ2v) is 6.88. The molecule has 0 aliphatic carbocycles. The van der Waals surface area contributed by atoms with Crippen molar-refractivity contribution < 1.29 is 23.8 Å². The van der Waals surface area contributed by atoms with Crippen LogP contribution in [0.25, 0.3) is 0 Å². The molecule has 1 N–H and O–H groups in total. The highest BCUT2D eigenvalue weighted by Crippen LogP contribution is 2.32. The number of piperidine rings is 1. The van der Waals surface area contributed by atoms with Gasteiger partial charge in [-0.05, 0) is 36.6 Å². The summed E-state index contributed by atoms with van der Waals surface area (Å²) in [5.74, 6) is 1.14. The fraction of sp³-hybridized carbons (Fsp3) is 0.400. The lowest BCUT2D eigenvalue weighted by molar-refractivity contribution is -0.153. The highest BCUT2D eigenvalue weighted by molar-refractivity contribution is 5.81. The Labute approximate surface area is 168 Å². The predicted molar refractivity (Wildman–Crippen MR) is 102 cm³/mol. The Morgan fingerprint density at radius 1 is 1.14 bits per heavy atom. The highest BCUT2D eigenvalue weighted by Gasteiger charge is 2.27. The van der Waals surface area contributed by atoms with E-state index in [1.54, 1.807) is 24.5 Å². The first-order chi connectivity index (χ1) is 14.2. The van der Waals surface area contributed by atoms with Crippen LogP contribution in [0.15, 0.2) is 36.7 Å². The molecule has 0 saturated carbocycles. The lowest BCUT2D eigenvalue weighted by atomic mass is 9.97. The van der Waals surface area contributed by atoms with Crippen LogP contribution >= 0.6 is 0 Å². The van der Waals surface area contributed by atoms with Gasteiger partial charge in [0.2, 0.25) is 12.7 Å². The Kier molecular flexibility index (Phi) is 5.73. The number of aromatic nitrogens is 2. The van der Waals surface area contributed by atoms with E-state index in [9.17, 15) is 9.59 Å². The number of amides is 1. The first kappa shape index (κ1) is 19.0. The van der Waals surface area contributed by atoms with Crippen LogP contribution in [-0.2, 0) is 20.9 Å². The van der Waals surface area contributed by atoms with Crippen molar-refractivity contribution in [3.05, 3.63) is 42.2 Å². The minimum Gasteiger partial charge on any atom is -0.455 e. The summed E-state index contributed by atoms with van der Waals surface area (Å²) in [6, 6.07) is 7.24. The Hall–Kier alpha value is -3.36. The van der Waals surface area contributed by atoms with Crippen LogP contribution in [0.5, 0.6) is 11.5 Å². The van der Waals surface area contributed by atoms with Gasteiger partial charge in [0.25, 0.3) is 5.91 Å². The summed E-state index contributed by atoms with van der Waals surface area (Å²) in [6.45, 7) is 1.60. The van der Waals surface area contributed by atoms with Crippen molar-refractivity contribution >= 4 is 17.8 Å². The molecule has 1 saturated heterocycles. The molecule has 2 aliphatic rings. The number of ether oxygens (including phenoxy) is 3. The standard InChI is InChI=1S/C20H22N4O5/c25-18(23-11-14-2-3-16-17(10-14)29-13-28-16)12-27-19(26)15-4-8-24(9-5-15)20-21-6-1-7-22-20/h1-3,6-7,10,15H,4-5,8-9,11-13H2,(H,23,25). The van der Waals surface area contributed by atoms with Crippen molar-refractivity contribution in [1.82, 2.24) is 15.3 Å². The quantitative estimate of drug-likeness (QED) is 0.726. The lowest BCUT2D eigenvalue weighted by Crippen LogP contribution is -2.38. The van der Waals surface area contributed by atoms with Gasteiger partial charge < -0.3 is 24.4 Å². The third kappa shape index (κ3) is 4.74. The maximum absolute atomic E-state index is 12.3. The average molecular weight is 398 g/mol. The van der Waals surface area contributed by atoms with Crippen LogP contribution in [0.4, 0.5) is 5.95 Å². The minimum absolute atomic E-state index is 0.207. The van der Waals surface area contributed by atoms with Gasteiger partial charge in [0, 0.05) is 32.0 Å². The van der Waals surface area contributed by atoms with E-state index in [4.69, 9.17) is 14.2 Å². The molecule has 0 unspecified atom stereocenters. The predicted octanol–water partition coefficient (Wildman–Crippen LogP) is 1.28. The largest absolute Gasteiger partial charge is 0.455 e. The van der Waals surface area contributed by atoms with Crippen LogP contribution in [0.1, 0.15) is 18.4 Å². The fourth-order valence-corrected chi connectivity index (χ4v) is 3.33. The number of anilines is 1. The van der Waals surface area contributed by atoms with Gasteiger partial charge in [0.15, 0.2) is 18.1 Å². The van der Waals surface area contributed by atoms with Crippen molar-refractivity contribution in [3.8, 4) is 11.5 Å². The maximum atomic E-state index is 12.3. The summed E-state index contributed by atoms with van der Waals surface area (Å²) in [5.41, 5.74) is 0.879. The molecule has 1 amide bonds. The molecule has 9 heteroatoms. The zero-order chi connectivity index (χ0) is 20.1. The Morgan fingerprint density at radius 2 is 1.90 bits per heavy atom. The summed E-state index contributed by atoms with van der Waals surface area (Å²) < 4.78 is 15.8. The number of esters is 1. The molecule has 0 spiro atoms. The van der Waals surface area contributed by atoms with Crippen LogP contribution in [0.2, 0.25) is 0 Å². The SMILES string of the molecule is O=C(COC(=O)C1CCN(c2ncccn2)CC1)NCc1ccc2c(c1)OCO2. The maximum Gasteiger partial charge on any atom is 0.309 e. The Morgan fingerprint density at radius 3 is 2.69 bits per heavy atom.